The Hall–Kier alpha value is 1.60. The Morgan fingerprint density at radius 1 is 0.600 bits per heavy atom. The predicted molar refractivity (Wildman–Crippen MR) is 61.7 cm³/mol. The number of rotatable bonds is 5. The van der Waals surface area contributed by atoms with E-state index in [0.29, 0.717) is 0 Å². The van der Waals surface area contributed by atoms with Gasteiger partial charge in [0.05, 0.1) is 0 Å². The molecule has 0 unspecified atom stereocenters. The second-order valence-corrected chi connectivity index (χ2v) is 2.41. The zero-order chi connectivity index (χ0) is 6.24. The van der Waals surface area contributed by atoms with E-state index in [-0.39, 0.29) is 47.8 Å². The van der Waals surface area contributed by atoms with Gasteiger partial charge in [-0.25, -0.2) is 0 Å². The molecule has 0 aliphatic rings. The molecular formula is C8H26Sn2. The summed E-state index contributed by atoms with van der Waals surface area (Å²) in [6, 6.07) is 0. The second kappa shape index (κ2) is 16.9. The van der Waals surface area contributed by atoms with Crippen LogP contribution < -0.4 is 0 Å². The fourth-order valence-electron chi connectivity index (χ4n) is 0.854. The maximum absolute atomic E-state index is 2.26. The molecule has 0 aromatic heterocycles. The minimum absolute atomic E-state index is 0. The van der Waals surface area contributed by atoms with Gasteiger partial charge in [-0.3, -0.25) is 0 Å². The van der Waals surface area contributed by atoms with Crippen LogP contribution in [0.2, 0.25) is 0 Å². The molecule has 2 heteroatoms. The number of hydrogen-bond donors (Lipinski definition) is 0. The Kier molecular flexibility index (Phi) is 29.8. The third-order valence-electron chi connectivity index (χ3n) is 1.46. The van der Waals surface area contributed by atoms with Crippen molar-refractivity contribution in [1.29, 1.82) is 0 Å². The molecule has 0 spiro atoms. The molecule has 0 aromatic rings. The zero-order valence-electron chi connectivity index (χ0n) is 6.24. The Bertz CT molecular complexity index is 32.2. The molecule has 0 aliphatic carbocycles. The normalized spacial score (nSPS) is 7.80. The van der Waals surface area contributed by atoms with E-state index >= 15 is 0 Å². The fourth-order valence-corrected chi connectivity index (χ4v) is 0.854. The van der Waals surface area contributed by atoms with Crippen LogP contribution in [0.4, 0.5) is 0 Å². The van der Waals surface area contributed by atoms with E-state index in [4.69, 9.17) is 0 Å². The summed E-state index contributed by atoms with van der Waals surface area (Å²) in [5, 5.41) is 0. The van der Waals surface area contributed by atoms with E-state index in [0.717, 1.165) is 0 Å². The summed E-state index contributed by atoms with van der Waals surface area (Å²) < 4.78 is 0. The van der Waals surface area contributed by atoms with Crippen LogP contribution in [-0.4, -0.2) is 47.8 Å². The fraction of sp³-hybridized carbons (Fsp3) is 1.00. The average Bonchev–Trinajstić information content (AvgIpc) is 1.81. The van der Waals surface area contributed by atoms with Crippen LogP contribution in [0.5, 0.6) is 0 Å². The summed E-state index contributed by atoms with van der Waals surface area (Å²) in [7, 11) is 0. The van der Waals surface area contributed by atoms with Crippen molar-refractivity contribution in [3.8, 4) is 0 Å². The van der Waals surface area contributed by atoms with Gasteiger partial charge in [-0.1, -0.05) is 52.4 Å². The van der Waals surface area contributed by atoms with Crippen molar-refractivity contribution >= 4 is 47.8 Å². The molecule has 0 nitrogen and oxygen atoms in total. The SMILES string of the molecule is CCCCCCCC.[SnH4].[SnH4]. The van der Waals surface area contributed by atoms with Crippen molar-refractivity contribution in [1.82, 2.24) is 0 Å². The van der Waals surface area contributed by atoms with Crippen LogP contribution in [0.1, 0.15) is 52.4 Å². The molecule has 0 atom stereocenters. The van der Waals surface area contributed by atoms with Crippen molar-refractivity contribution in [3.05, 3.63) is 0 Å². The van der Waals surface area contributed by atoms with E-state index in [1.807, 2.05) is 0 Å². The van der Waals surface area contributed by atoms with E-state index < -0.39 is 0 Å². The minimum atomic E-state index is 0. The van der Waals surface area contributed by atoms with E-state index in [9.17, 15) is 0 Å². The summed E-state index contributed by atoms with van der Waals surface area (Å²) in [4.78, 5) is 0. The van der Waals surface area contributed by atoms with E-state index in [1.54, 1.807) is 0 Å². The van der Waals surface area contributed by atoms with Crippen molar-refractivity contribution in [2.24, 2.45) is 0 Å². The van der Waals surface area contributed by atoms with E-state index in [2.05, 4.69) is 13.8 Å². The Morgan fingerprint density at radius 3 is 1.10 bits per heavy atom. The van der Waals surface area contributed by atoms with Crippen LogP contribution in [0.25, 0.3) is 0 Å². The Labute approximate surface area is 99.5 Å². The molecule has 10 heavy (non-hydrogen) atoms. The molecule has 0 saturated heterocycles. The van der Waals surface area contributed by atoms with Crippen molar-refractivity contribution < 1.29 is 0 Å². The zero-order valence-corrected chi connectivity index (χ0v) is 6.24. The molecular weight excluding hydrogens is 334 g/mol. The summed E-state index contributed by atoms with van der Waals surface area (Å²) in [5.41, 5.74) is 0. The van der Waals surface area contributed by atoms with Gasteiger partial charge in [0.1, 0.15) is 0 Å². The topological polar surface area (TPSA) is 0 Å². The molecule has 0 aliphatic heterocycles. The molecule has 0 saturated carbocycles. The molecule has 0 heterocycles. The summed E-state index contributed by atoms with van der Waals surface area (Å²) in [6.45, 7) is 4.51. The van der Waals surface area contributed by atoms with Gasteiger partial charge in [-0.15, -0.1) is 0 Å². The molecule has 0 amide bonds. The third kappa shape index (κ3) is 16.3. The van der Waals surface area contributed by atoms with Gasteiger partial charge < -0.3 is 0 Å². The van der Waals surface area contributed by atoms with Gasteiger partial charge in [-0.05, 0) is 0 Å². The van der Waals surface area contributed by atoms with Crippen molar-refractivity contribution in [3.63, 3.8) is 0 Å². The van der Waals surface area contributed by atoms with Crippen LogP contribution in [-0.2, 0) is 0 Å². The Morgan fingerprint density at radius 2 is 0.900 bits per heavy atom. The van der Waals surface area contributed by atoms with Crippen molar-refractivity contribution in [2.75, 3.05) is 0 Å². The van der Waals surface area contributed by atoms with Crippen LogP contribution in [0.15, 0.2) is 0 Å². The molecule has 0 N–H and O–H groups in total. The molecule has 0 radical (unpaired) electrons. The van der Waals surface area contributed by atoms with Gasteiger partial charge in [0.2, 0.25) is 0 Å². The van der Waals surface area contributed by atoms with Crippen LogP contribution in [0, 0.1) is 0 Å². The molecule has 0 fully saturated rings. The van der Waals surface area contributed by atoms with Gasteiger partial charge in [0, 0.05) is 0 Å². The summed E-state index contributed by atoms with van der Waals surface area (Å²) in [5.74, 6) is 0. The first kappa shape index (κ1) is 17.6. The first-order valence-corrected chi connectivity index (χ1v) is 3.91. The summed E-state index contributed by atoms with van der Waals surface area (Å²) in [6.07, 6.45) is 8.49. The first-order valence-electron chi connectivity index (χ1n) is 3.91. The van der Waals surface area contributed by atoms with Gasteiger partial charge in [0.25, 0.3) is 0 Å². The van der Waals surface area contributed by atoms with Crippen molar-refractivity contribution in [2.45, 2.75) is 52.4 Å². The Balaban J connectivity index is -0.000000245. The monoisotopic (exact) mass is 362 g/mol. The average molecular weight is 360 g/mol. The van der Waals surface area contributed by atoms with E-state index in [1.165, 1.54) is 38.5 Å². The first-order chi connectivity index (χ1) is 3.91. The summed E-state index contributed by atoms with van der Waals surface area (Å²) >= 11 is 0. The predicted octanol–water partition coefficient (Wildman–Crippen LogP) is 0.464. The van der Waals surface area contributed by atoms with Gasteiger partial charge in [0.15, 0.2) is 0 Å². The van der Waals surface area contributed by atoms with Crippen LogP contribution >= 0.6 is 0 Å². The third-order valence-corrected chi connectivity index (χ3v) is 1.46. The number of hydrogen-bond acceptors (Lipinski definition) is 0. The quantitative estimate of drug-likeness (QED) is 0.494. The van der Waals surface area contributed by atoms with Crippen LogP contribution in [0.3, 0.4) is 0 Å². The standard InChI is InChI=1S/C8H18.2Sn.8H/c1-3-5-7-8-6-4-2;;;;;;;;;;/h3-8H2,1-2H3;;;;;;;;;;. The second-order valence-electron chi connectivity index (χ2n) is 2.41. The molecule has 66 valence electrons. The maximum atomic E-state index is 2.26. The van der Waals surface area contributed by atoms with Gasteiger partial charge >= 0.3 is 47.8 Å². The van der Waals surface area contributed by atoms with Gasteiger partial charge in [-0.2, -0.15) is 0 Å². The number of unbranched alkanes of at least 4 members (excludes halogenated alkanes) is 5. The molecule has 0 bridgehead atoms. The molecule has 0 rings (SSSR count). The molecule has 0 aromatic carbocycles.